The van der Waals surface area contributed by atoms with E-state index in [1.54, 1.807) is 17.5 Å². The monoisotopic (exact) mass is 279 g/mol. The fourth-order valence-electron chi connectivity index (χ4n) is 1.79. The maximum absolute atomic E-state index is 11.5. The number of aromatic nitrogens is 2. The number of nitrogens with one attached hydrogen (secondary N) is 1. The van der Waals surface area contributed by atoms with E-state index in [0.29, 0.717) is 13.0 Å². The van der Waals surface area contributed by atoms with E-state index in [1.807, 2.05) is 35.3 Å². The third-order valence-corrected chi connectivity index (χ3v) is 3.90. The summed E-state index contributed by atoms with van der Waals surface area (Å²) in [6.45, 7) is 0.614. The average molecular weight is 279 g/mol. The number of esters is 1. The third kappa shape index (κ3) is 3.65. The van der Waals surface area contributed by atoms with Crippen molar-refractivity contribution in [3.05, 3.63) is 40.6 Å². The lowest BCUT2D eigenvalue weighted by Gasteiger charge is -2.16. The van der Waals surface area contributed by atoms with E-state index < -0.39 is 0 Å². The highest BCUT2D eigenvalue weighted by molar-refractivity contribution is 7.10. The van der Waals surface area contributed by atoms with Crippen molar-refractivity contribution in [3.63, 3.8) is 0 Å². The number of aryl methyl sites for hydroxylation is 1. The number of carbonyl (C=O) groups is 1. The molecule has 19 heavy (non-hydrogen) atoms. The van der Waals surface area contributed by atoms with Crippen molar-refractivity contribution in [1.29, 1.82) is 0 Å². The van der Waals surface area contributed by atoms with Crippen molar-refractivity contribution in [1.82, 2.24) is 14.9 Å². The van der Waals surface area contributed by atoms with Crippen LogP contribution in [0.25, 0.3) is 0 Å². The van der Waals surface area contributed by atoms with Gasteiger partial charge in [0.2, 0.25) is 0 Å². The Bertz CT molecular complexity index is 522. The van der Waals surface area contributed by atoms with E-state index in [2.05, 4.69) is 10.3 Å². The van der Waals surface area contributed by atoms with Gasteiger partial charge in [-0.2, -0.15) is 0 Å². The molecule has 6 heteroatoms. The molecule has 5 nitrogen and oxygen atoms in total. The predicted octanol–water partition coefficient (Wildman–Crippen LogP) is 1.88. The van der Waals surface area contributed by atoms with E-state index in [9.17, 15) is 4.79 Å². The van der Waals surface area contributed by atoms with Gasteiger partial charge in [-0.3, -0.25) is 4.79 Å². The lowest BCUT2D eigenvalue weighted by Crippen LogP contribution is -2.24. The molecule has 0 fully saturated rings. The van der Waals surface area contributed by atoms with Gasteiger partial charge < -0.3 is 14.6 Å². The van der Waals surface area contributed by atoms with Crippen LogP contribution in [0.5, 0.6) is 0 Å². The second kappa shape index (κ2) is 6.49. The molecular formula is C13H17N3O2S. The molecule has 0 aromatic carbocycles. The fraction of sp³-hybridized carbons (Fsp3) is 0.385. The first-order valence-corrected chi connectivity index (χ1v) is 6.88. The number of imidazole rings is 1. The van der Waals surface area contributed by atoms with Gasteiger partial charge in [0.1, 0.15) is 5.82 Å². The Morgan fingerprint density at radius 3 is 3.05 bits per heavy atom. The van der Waals surface area contributed by atoms with Gasteiger partial charge in [0, 0.05) is 24.3 Å². The standard InChI is InChI=1S/C13H17N3O2S/c1-16-6-5-14-12(16)9-15-10(8-13(17)18-2)11-4-3-7-19-11/h3-7,10,15H,8-9H2,1-2H3. The van der Waals surface area contributed by atoms with E-state index in [1.165, 1.54) is 7.11 Å². The van der Waals surface area contributed by atoms with Crippen molar-refractivity contribution in [2.24, 2.45) is 7.05 Å². The maximum Gasteiger partial charge on any atom is 0.307 e. The molecule has 0 radical (unpaired) electrons. The number of carbonyl (C=O) groups excluding carboxylic acids is 1. The molecule has 2 aromatic rings. The highest BCUT2D eigenvalue weighted by atomic mass is 32.1. The normalized spacial score (nSPS) is 12.3. The summed E-state index contributed by atoms with van der Waals surface area (Å²) in [5, 5.41) is 5.36. The first-order chi connectivity index (χ1) is 9.20. The first kappa shape index (κ1) is 13.8. The average Bonchev–Trinajstić information content (AvgIpc) is 3.06. The molecule has 0 aliphatic rings. The minimum Gasteiger partial charge on any atom is -0.469 e. The minimum absolute atomic E-state index is 0.0378. The summed E-state index contributed by atoms with van der Waals surface area (Å²) in [5.41, 5.74) is 0. The van der Waals surface area contributed by atoms with Crippen molar-refractivity contribution in [2.75, 3.05) is 7.11 Å². The Kier molecular flexibility index (Phi) is 4.70. The summed E-state index contributed by atoms with van der Waals surface area (Å²) in [4.78, 5) is 16.8. The molecule has 1 unspecified atom stereocenters. The van der Waals surface area contributed by atoms with Crippen LogP contribution in [0.4, 0.5) is 0 Å². The molecule has 2 aromatic heterocycles. The van der Waals surface area contributed by atoms with Gasteiger partial charge in [0.05, 0.1) is 26.1 Å². The smallest absolute Gasteiger partial charge is 0.307 e. The lowest BCUT2D eigenvalue weighted by molar-refractivity contribution is -0.141. The minimum atomic E-state index is -0.217. The summed E-state index contributed by atoms with van der Waals surface area (Å²) in [5.74, 6) is 0.720. The zero-order chi connectivity index (χ0) is 13.7. The molecular weight excluding hydrogens is 262 g/mol. The molecule has 0 bridgehead atoms. The van der Waals surface area contributed by atoms with Crippen LogP contribution in [0.2, 0.25) is 0 Å². The van der Waals surface area contributed by atoms with Crippen molar-refractivity contribution in [2.45, 2.75) is 19.0 Å². The van der Waals surface area contributed by atoms with Crippen LogP contribution < -0.4 is 5.32 Å². The van der Waals surface area contributed by atoms with Crippen molar-refractivity contribution < 1.29 is 9.53 Å². The van der Waals surface area contributed by atoms with Gasteiger partial charge in [-0.25, -0.2) is 4.98 Å². The molecule has 2 heterocycles. The molecule has 0 saturated heterocycles. The number of thiophene rings is 1. The molecule has 0 spiro atoms. The molecule has 0 aliphatic heterocycles. The van der Waals surface area contributed by atoms with E-state index in [-0.39, 0.29) is 12.0 Å². The number of nitrogens with zero attached hydrogens (tertiary/aromatic N) is 2. The van der Waals surface area contributed by atoms with Crippen LogP contribution in [-0.2, 0) is 23.1 Å². The number of ether oxygens (including phenoxy) is 1. The second-order valence-corrected chi connectivity index (χ2v) is 5.16. The number of hydrogen-bond acceptors (Lipinski definition) is 5. The van der Waals surface area contributed by atoms with Crippen LogP contribution in [0.1, 0.15) is 23.2 Å². The van der Waals surface area contributed by atoms with Gasteiger partial charge in [-0.1, -0.05) is 6.07 Å². The molecule has 102 valence electrons. The fourth-order valence-corrected chi connectivity index (χ4v) is 2.60. The van der Waals surface area contributed by atoms with E-state index in [4.69, 9.17) is 4.74 Å². The summed E-state index contributed by atoms with van der Waals surface area (Å²) >= 11 is 1.63. The molecule has 0 aliphatic carbocycles. The highest BCUT2D eigenvalue weighted by Gasteiger charge is 2.17. The van der Waals surface area contributed by atoms with E-state index in [0.717, 1.165) is 10.7 Å². The Hall–Kier alpha value is -1.66. The van der Waals surface area contributed by atoms with Crippen LogP contribution in [-0.4, -0.2) is 22.6 Å². The van der Waals surface area contributed by atoms with Gasteiger partial charge >= 0.3 is 5.97 Å². The van der Waals surface area contributed by atoms with Crippen molar-refractivity contribution >= 4 is 17.3 Å². The molecule has 0 amide bonds. The maximum atomic E-state index is 11.5. The van der Waals surface area contributed by atoms with Gasteiger partial charge in [-0.05, 0) is 11.4 Å². The Morgan fingerprint density at radius 1 is 1.63 bits per heavy atom. The zero-order valence-electron chi connectivity index (χ0n) is 11.0. The Morgan fingerprint density at radius 2 is 2.47 bits per heavy atom. The van der Waals surface area contributed by atoms with Crippen molar-refractivity contribution in [3.8, 4) is 0 Å². The Labute approximate surface area is 116 Å². The molecule has 1 N–H and O–H groups in total. The van der Waals surface area contributed by atoms with Crippen LogP contribution >= 0.6 is 11.3 Å². The van der Waals surface area contributed by atoms with Crippen LogP contribution in [0, 0.1) is 0 Å². The third-order valence-electron chi connectivity index (χ3n) is 2.91. The molecule has 1 atom stereocenters. The summed E-state index contributed by atoms with van der Waals surface area (Å²) in [6, 6.07) is 3.96. The first-order valence-electron chi connectivity index (χ1n) is 6.00. The molecule has 0 saturated carbocycles. The topological polar surface area (TPSA) is 56.1 Å². The zero-order valence-corrected chi connectivity index (χ0v) is 11.8. The highest BCUT2D eigenvalue weighted by Crippen LogP contribution is 2.22. The quantitative estimate of drug-likeness (QED) is 0.820. The predicted molar refractivity (Wildman–Crippen MR) is 73.7 cm³/mol. The summed E-state index contributed by atoms with van der Waals surface area (Å²) < 4.78 is 6.70. The second-order valence-electron chi connectivity index (χ2n) is 4.18. The summed E-state index contributed by atoms with van der Waals surface area (Å²) in [6.07, 6.45) is 3.98. The Balaban J connectivity index is 2.02. The summed E-state index contributed by atoms with van der Waals surface area (Å²) in [7, 11) is 3.36. The van der Waals surface area contributed by atoms with Gasteiger partial charge in [0.15, 0.2) is 0 Å². The molecule has 2 rings (SSSR count). The van der Waals surface area contributed by atoms with Gasteiger partial charge in [-0.15, -0.1) is 11.3 Å². The SMILES string of the molecule is COC(=O)CC(NCc1nccn1C)c1cccs1. The van der Waals surface area contributed by atoms with Crippen LogP contribution in [0.3, 0.4) is 0 Å². The van der Waals surface area contributed by atoms with Gasteiger partial charge in [0.25, 0.3) is 0 Å². The van der Waals surface area contributed by atoms with E-state index >= 15 is 0 Å². The number of methoxy groups -OCH3 is 1. The number of rotatable bonds is 6. The largest absolute Gasteiger partial charge is 0.469 e. The van der Waals surface area contributed by atoms with Crippen LogP contribution in [0.15, 0.2) is 29.9 Å². The lowest BCUT2D eigenvalue weighted by atomic mass is 10.1. The number of hydrogen-bond donors (Lipinski definition) is 1.